The topological polar surface area (TPSA) is 9.23 Å². The highest BCUT2D eigenvalue weighted by Gasteiger charge is 2.07. The molecule has 0 heterocycles. The second-order valence-electron chi connectivity index (χ2n) is 6.74. The lowest BCUT2D eigenvalue weighted by atomic mass is 9.99. The van der Waals surface area contributed by atoms with Crippen molar-refractivity contribution in [1.29, 1.82) is 0 Å². The summed E-state index contributed by atoms with van der Waals surface area (Å²) >= 11 is 0. The Morgan fingerprint density at radius 1 is 0.500 bits per heavy atom. The fraction of sp³-hybridized carbons (Fsp3) is 0.0400. The molecule has 26 heavy (non-hydrogen) atoms. The van der Waals surface area contributed by atoms with Gasteiger partial charge in [-0.15, -0.1) is 0 Å². The number of fused-ring (bicyclic) bond motifs is 3. The standard InChI is InChI=1S/C25H18O/c1-17-7-2-5-11-24(17)26-25-12-6-10-20-15-21-13-18-8-3-4-9-19(18)14-22(21)16-23(20)25/h2-16H,1H3. The molecule has 0 aromatic heterocycles. The van der Waals surface area contributed by atoms with Crippen LogP contribution in [0.2, 0.25) is 0 Å². The van der Waals surface area contributed by atoms with E-state index >= 15 is 0 Å². The number of ether oxygens (including phenoxy) is 1. The first-order valence-electron chi connectivity index (χ1n) is 8.87. The van der Waals surface area contributed by atoms with Crippen molar-refractivity contribution < 1.29 is 4.74 Å². The minimum absolute atomic E-state index is 0.895. The summed E-state index contributed by atoms with van der Waals surface area (Å²) in [7, 11) is 0. The summed E-state index contributed by atoms with van der Waals surface area (Å²) in [6, 6.07) is 31.9. The van der Waals surface area contributed by atoms with Crippen molar-refractivity contribution >= 4 is 32.3 Å². The van der Waals surface area contributed by atoms with E-state index in [-0.39, 0.29) is 0 Å². The first-order chi connectivity index (χ1) is 12.8. The third-order valence-electron chi connectivity index (χ3n) is 4.98. The van der Waals surface area contributed by atoms with Crippen LogP contribution >= 0.6 is 0 Å². The highest BCUT2D eigenvalue weighted by Crippen LogP contribution is 2.35. The van der Waals surface area contributed by atoms with Crippen molar-refractivity contribution in [2.75, 3.05) is 0 Å². The van der Waals surface area contributed by atoms with Gasteiger partial charge in [-0.2, -0.15) is 0 Å². The van der Waals surface area contributed by atoms with Crippen LogP contribution in [0.15, 0.2) is 91.0 Å². The van der Waals surface area contributed by atoms with E-state index < -0.39 is 0 Å². The Morgan fingerprint density at radius 2 is 1.08 bits per heavy atom. The Labute approximate surface area is 152 Å². The average Bonchev–Trinajstić information content (AvgIpc) is 2.67. The summed E-state index contributed by atoms with van der Waals surface area (Å²) in [6.45, 7) is 2.07. The molecule has 0 saturated heterocycles. The van der Waals surface area contributed by atoms with Gasteiger partial charge in [0.1, 0.15) is 11.5 Å². The molecule has 0 bridgehead atoms. The molecule has 0 aliphatic carbocycles. The van der Waals surface area contributed by atoms with Gasteiger partial charge in [0.05, 0.1) is 0 Å². The second kappa shape index (κ2) is 5.89. The Kier molecular flexibility index (Phi) is 3.39. The molecule has 0 fully saturated rings. The minimum atomic E-state index is 0.895. The number of benzene rings is 5. The highest BCUT2D eigenvalue weighted by atomic mass is 16.5. The number of hydrogen-bond acceptors (Lipinski definition) is 1. The smallest absolute Gasteiger partial charge is 0.135 e. The van der Waals surface area contributed by atoms with Crippen LogP contribution in [0.1, 0.15) is 5.56 Å². The van der Waals surface area contributed by atoms with Gasteiger partial charge in [0.2, 0.25) is 0 Å². The van der Waals surface area contributed by atoms with E-state index in [2.05, 4.69) is 73.7 Å². The summed E-state index contributed by atoms with van der Waals surface area (Å²) < 4.78 is 6.26. The van der Waals surface area contributed by atoms with Gasteiger partial charge in [0.15, 0.2) is 0 Å². The molecule has 1 heteroatoms. The first-order valence-corrected chi connectivity index (χ1v) is 8.87. The average molecular weight is 334 g/mol. The zero-order valence-electron chi connectivity index (χ0n) is 14.6. The van der Waals surface area contributed by atoms with Crippen molar-refractivity contribution in [1.82, 2.24) is 0 Å². The van der Waals surface area contributed by atoms with Crippen molar-refractivity contribution in [2.24, 2.45) is 0 Å². The van der Waals surface area contributed by atoms with Crippen LogP contribution in [0.5, 0.6) is 11.5 Å². The monoisotopic (exact) mass is 334 g/mol. The summed E-state index contributed by atoms with van der Waals surface area (Å²) in [5, 5.41) is 7.35. The fourth-order valence-electron chi connectivity index (χ4n) is 3.57. The molecule has 0 spiro atoms. The summed E-state index contributed by atoms with van der Waals surface area (Å²) in [5.41, 5.74) is 1.14. The van der Waals surface area contributed by atoms with Crippen LogP contribution < -0.4 is 4.74 Å². The molecular weight excluding hydrogens is 316 g/mol. The van der Waals surface area contributed by atoms with Crippen LogP contribution in [0, 0.1) is 6.92 Å². The normalized spacial score (nSPS) is 11.3. The Hall–Kier alpha value is -3.32. The van der Waals surface area contributed by atoms with Crippen molar-refractivity contribution in [2.45, 2.75) is 6.92 Å². The molecular formula is C25H18O. The predicted molar refractivity (Wildman–Crippen MR) is 110 cm³/mol. The molecule has 5 rings (SSSR count). The second-order valence-corrected chi connectivity index (χ2v) is 6.74. The van der Waals surface area contributed by atoms with Crippen LogP contribution in [-0.4, -0.2) is 0 Å². The quantitative estimate of drug-likeness (QED) is 0.309. The van der Waals surface area contributed by atoms with Gasteiger partial charge in [-0.05, 0) is 75.8 Å². The number of para-hydroxylation sites is 1. The van der Waals surface area contributed by atoms with Crippen LogP contribution in [0.4, 0.5) is 0 Å². The van der Waals surface area contributed by atoms with E-state index in [1.54, 1.807) is 0 Å². The Balaban J connectivity index is 1.73. The Bertz CT molecular complexity index is 1270. The van der Waals surface area contributed by atoms with E-state index in [1.165, 1.54) is 26.9 Å². The molecule has 0 aliphatic rings. The molecule has 0 radical (unpaired) electrons. The third-order valence-corrected chi connectivity index (χ3v) is 4.98. The SMILES string of the molecule is Cc1ccccc1Oc1cccc2cc3cc4ccccc4cc3cc12. The molecule has 0 atom stereocenters. The predicted octanol–water partition coefficient (Wildman–Crippen LogP) is 7.25. The highest BCUT2D eigenvalue weighted by molar-refractivity contribution is 6.06. The lowest BCUT2D eigenvalue weighted by molar-refractivity contribution is 0.484. The third kappa shape index (κ3) is 2.49. The maximum Gasteiger partial charge on any atom is 0.135 e. The van der Waals surface area contributed by atoms with E-state index in [0.717, 1.165) is 22.4 Å². The summed E-state index contributed by atoms with van der Waals surface area (Å²) in [5.74, 6) is 1.80. The zero-order chi connectivity index (χ0) is 17.5. The molecule has 5 aromatic rings. The van der Waals surface area contributed by atoms with E-state index in [4.69, 9.17) is 4.74 Å². The fourth-order valence-corrected chi connectivity index (χ4v) is 3.57. The lowest BCUT2D eigenvalue weighted by Gasteiger charge is -2.12. The Morgan fingerprint density at radius 3 is 1.85 bits per heavy atom. The first kappa shape index (κ1) is 15.0. The van der Waals surface area contributed by atoms with E-state index in [9.17, 15) is 0 Å². The molecule has 0 unspecified atom stereocenters. The molecule has 1 nitrogen and oxygen atoms in total. The zero-order valence-corrected chi connectivity index (χ0v) is 14.6. The van der Waals surface area contributed by atoms with Gasteiger partial charge in [-0.3, -0.25) is 0 Å². The van der Waals surface area contributed by atoms with E-state index in [1.807, 2.05) is 24.3 Å². The number of rotatable bonds is 2. The molecule has 5 aromatic carbocycles. The summed E-state index contributed by atoms with van der Waals surface area (Å²) in [6.07, 6.45) is 0. The molecule has 0 N–H and O–H groups in total. The minimum Gasteiger partial charge on any atom is -0.456 e. The van der Waals surface area contributed by atoms with E-state index in [0.29, 0.717) is 0 Å². The van der Waals surface area contributed by atoms with Crippen LogP contribution in [0.25, 0.3) is 32.3 Å². The molecule has 0 aliphatic heterocycles. The van der Waals surface area contributed by atoms with Gasteiger partial charge in [-0.25, -0.2) is 0 Å². The molecule has 124 valence electrons. The van der Waals surface area contributed by atoms with Gasteiger partial charge in [0, 0.05) is 5.39 Å². The van der Waals surface area contributed by atoms with Gasteiger partial charge in [-0.1, -0.05) is 54.6 Å². The van der Waals surface area contributed by atoms with Gasteiger partial charge < -0.3 is 4.74 Å². The van der Waals surface area contributed by atoms with Gasteiger partial charge in [0.25, 0.3) is 0 Å². The molecule has 0 amide bonds. The lowest BCUT2D eigenvalue weighted by Crippen LogP contribution is -1.89. The maximum atomic E-state index is 6.26. The molecule has 0 saturated carbocycles. The largest absolute Gasteiger partial charge is 0.456 e. The number of aryl methyl sites for hydroxylation is 1. The number of hydrogen-bond donors (Lipinski definition) is 0. The van der Waals surface area contributed by atoms with Crippen molar-refractivity contribution in [3.05, 3.63) is 96.6 Å². The van der Waals surface area contributed by atoms with Crippen molar-refractivity contribution in [3.63, 3.8) is 0 Å². The maximum absolute atomic E-state index is 6.26. The van der Waals surface area contributed by atoms with Crippen molar-refractivity contribution in [3.8, 4) is 11.5 Å². The van der Waals surface area contributed by atoms with Crippen LogP contribution in [0.3, 0.4) is 0 Å². The van der Waals surface area contributed by atoms with Gasteiger partial charge >= 0.3 is 0 Å². The van der Waals surface area contributed by atoms with Crippen LogP contribution in [-0.2, 0) is 0 Å². The summed E-state index contributed by atoms with van der Waals surface area (Å²) in [4.78, 5) is 0.